The number of aromatic nitrogens is 1. The topological polar surface area (TPSA) is 202 Å². The van der Waals surface area contributed by atoms with Crippen molar-refractivity contribution < 1.29 is 32.3 Å². The molecule has 4 atom stereocenters. The lowest BCUT2D eigenvalue weighted by atomic mass is 9.91. The number of carbonyl (C=O) groups is 4. The summed E-state index contributed by atoms with van der Waals surface area (Å²) in [4.78, 5) is 60.0. The quantitative estimate of drug-likeness (QED) is 0.0972. The summed E-state index contributed by atoms with van der Waals surface area (Å²) in [6.07, 6.45) is 8.28. The Labute approximate surface area is 311 Å². The van der Waals surface area contributed by atoms with Crippen molar-refractivity contribution >= 4 is 45.1 Å². The van der Waals surface area contributed by atoms with E-state index in [9.17, 15) is 27.6 Å². The number of unbranched alkanes of at least 4 members (excludes halogenated alkanes) is 1. The van der Waals surface area contributed by atoms with Gasteiger partial charge < -0.3 is 31.3 Å². The first kappa shape index (κ1) is 41.3. The summed E-state index contributed by atoms with van der Waals surface area (Å²) in [6, 6.07) is 7.41. The van der Waals surface area contributed by atoms with E-state index in [1.54, 1.807) is 24.5 Å². The number of nitrogens with zero attached hydrogens (tertiary/aromatic N) is 2. The molecule has 1 aromatic carbocycles. The molecule has 0 aliphatic carbocycles. The summed E-state index contributed by atoms with van der Waals surface area (Å²) in [7, 11) is -3.78. The molecule has 4 rings (SSSR count). The van der Waals surface area contributed by atoms with E-state index >= 15 is 0 Å². The lowest BCUT2D eigenvalue weighted by Gasteiger charge is -2.30. The first-order valence-electron chi connectivity index (χ1n) is 18.0. The van der Waals surface area contributed by atoms with E-state index in [2.05, 4.69) is 25.7 Å². The number of nitrogens with one attached hydrogen (secondary N) is 4. The van der Waals surface area contributed by atoms with Gasteiger partial charge in [-0.15, -0.1) is 0 Å². The maximum Gasteiger partial charge on any atom is 0.289 e. The van der Waals surface area contributed by atoms with Gasteiger partial charge in [-0.3, -0.25) is 24.2 Å². The maximum atomic E-state index is 14.2. The molecular weight excluding hydrogens is 710 g/mol. The van der Waals surface area contributed by atoms with Crippen molar-refractivity contribution in [1.29, 1.82) is 0 Å². The predicted molar refractivity (Wildman–Crippen MR) is 198 cm³/mol. The second-order valence-electron chi connectivity index (χ2n) is 13.6. The minimum atomic E-state index is -3.78. The van der Waals surface area contributed by atoms with Crippen LogP contribution in [0.4, 0.5) is 0 Å². The number of ketones is 1. The number of carbonyl (C=O) groups excluding carboxylic acids is 4. The Morgan fingerprint density at radius 2 is 1.73 bits per heavy atom. The van der Waals surface area contributed by atoms with E-state index in [1.807, 2.05) is 24.3 Å². The van der Waals surface area contributed by atoms with Crippen molar-refractivity contribution in [3.8, 4) is 0 Å². The molecule has 14 nitrogen and oxygen atoms in total. The lowest BCUT2D eigenvalue weighted by Crippen LogP contribution is -2.56. The van der Waals surface area contributed by atoms with Crippen LogP contribution in [0, 0.1) is 5.92 Å². The number of rotatable bonds is 20. The van der Waals surface area contributed by atoms with Crippen LogP contribution in [-0.4, -0.2) is 105 Å². The van der Waals surface area contributed by atoms with Crippen LogP contribution in [0.1, 0.15) is 62.5 Å². The third kappa shape index (κ3) is 13.5. The number of halogens is 1. The average molecular weight is 762 g/mol. The molecule has 3 heterocycles. The van der Waals surface area contributed by atoms with Gasteiger partial charge in [-0.25, -0.2) is 13.1 Å². The van der Waals surface area contributed by atoms with Crippen LogP contribution in [-0.2, 0) is 47.0 Å². The van der Waals surface area contributed by atoms with Crippen LogP contribution < -0.4 is 26.4 Å². The molecule has 2 aromatic rings. The fourth-order valence-electron chi connectivity index (χ4n) is 6.61. The van der Waals surface area contributed by atoms with Gasteiger partial charge in [0.05, 0.1) is 25.0 Å². The Hall–Kier alpha value is -3.47. The standard InChI is InChI=1S/C36H52ClN7O7S/c1-52(49,50)43-31(10-7-25-11-17-39-18-12-25)36(48)44-23-29(51-24-27-5-8-28(37)9-6-27)22-32(44)34(46)42-30(4-2-3-16-38)33(45)35(47)41-21-15-26-13-19-40-20-14-26/h5-6,8-9,13-14,19-20,25,29-32,39,43H,2-4,7,10-12,15-18,21-24,38H2,1H3,(H,41,47)(H,42,46)/t29-,30+,31-,32+/m1/s1. The van der Waals surface area contributed by atoms with Crippen LogP contribution in [0.25, 0.3) is 0 Å². The monoisotopic (exact) mass is 761 g/mol. The predicted octanol–water partition coefficient (Wildman–Crippen LogP) is 1.46. The fourth-order valence-corrected chi connectivity index (χ4v) is 7.48. The zero-order valence-corrected chi connectivity index (χ0v) is 31.3. The summed E-state index contributed by atoms with van der Waals surface area (Å²) >= 11 is 6.03. The number of Topliss-reactive ketones (excluding diaryl/α,β-unsaturated/α-hetero) is 1. The van der Waals surface area contributed by atoms with Gasteiger partial charge in [0.25, 0.3) is 5.91 Å². The number of ether oxygens (including phenoxy) is 1. The Morgan fingerprint density at radius 3 is 2.40 bits per heavy atom. The Bertz CT molecular complexity index is 1580. The number of sulfonamides is 1. The molecule has 2 saturated heterocycles. The molecule has 0 saturated carbocycles. The molecule has 0 unspecified atom stereocenters. The molecule has 2 aliphatic heterocycles. The second-order valence-corrected chi connectivity index (χ2v) is 15.8. The van der Waals surface area contributed by atoms with Crippen molar-refractivity contribution in [1.82, 2.24) is 30.6 Å². The van der Waals surface area contributed by atoms with E-state index < -0.39 is 57.8 Å². The number of nitrogens with two attached hydrogens (primary N) is 1. The lowest BCUT2D eigenvalue weighted by molar-refractivity contribution is -0.142. The number of likely N-dealkylation sites (tertiary alicyclic amines) is 1. The molecule has 3 amide bonds. The van der Waals surface area contributed by atoms with Crippen LogP contribution >= 0.6 is 11.6 Å². The Kier molecular flexibility index (Phi) is 16.4. The number of piperidine rings is 1. The highest BCUT2D eigenvalue weighted by atomic mass is 35.5. The van der Waals surface area contributed by atoms with Crippen LogP contribution in [0.3, 0.4) is 0 Å². The summed E-state index contributed by atoms with van der Waals surface area (Å²) in [5, 5.41) is 9.29. The highest BCUT2D eigenvalue weighted by Gasteiger charge is 2.44. The average Bonchev–Trinajstić information content (AvgIpc) is 3.57. The number of pyridine rings is 1. The number of amides is 3. The highest BCUT2D eigenvalue weighted by Crippen LogP contribution is 2.26. The minimum Gasteiger partial charge on any atom is -0.372 e. The second kappa shape index (κ2) is 20.7. The highest BCUT2D eigenvalue weighted by molar-refractivity contribution is 7.88. The van der Waals surface area contributed by atoms with E-state index in [-0.39, 0.29) is 39.0 Å². The minimum absolute atomic E-state index is 0.0288. The molecule has 0 spiro atoms. The molecule has 1 aromatic heterocycles. The van der Waals surface area contributed by atoms with E-state index in [4.69, 9.17) is 22.1 Å². The van der Waals surface area contributed by atoms with Crippen molar-refractivity contribution in [2.45, 2.75) is 88.6 Å². The van der Waals surface area contributed by atoms with Crippen LogP contribution in [0.5, 0.6) is 0 Å². The SMILES string of the molecule is CS(=O)(=O)N[C@H](CCC1CCNCC1)C(=O)N1C[C@H](OCc2ccc(Cl)cc2)C[C@H]1C(=O)N[C@@H](CCCCN)C(=O)C(=O)NCCc1ccncc1. The Morgan fingerprint density at radius 1 is 1.02 bits per heavy atom. The first-order valence-corrected chi connectivity index (χ1v) is 20.3. The van der Waals surface area contributed by atoms with E-state index in [0.717, 1.165) is 43.3 Å². The zero-order chi connectivity index (χ0) is 37.5. The van der Waals surface area contributed by atoms with Gasteiger partial charge in [-0.2, -0.15) is 0 Å². The molecule has 286 valence electrons. The van der Waals surface area contributed by atoms with Crippen molar-refractivity contribution in [2.75, 3.05) is 39.0 Å². The third-order valence-electron chi connectivity index (χ3n) is 9.48. The Balaban J connectivity index is 1.50. The van der Waals surface area contributed by atoms with Gasteiger partial charge >= 0.3 is 0 Å². The molecule has 6 N–H and O–H groups in total. The van der Waals surface area contributed by atoms with Crippen LogP contribution in [0.15, 0.2) is 48.8 Å². The molecule has 2 fully saturated rings. The number of hydrogen-bond donors (Lipinski definition) is 5. The fraction of sp³-hybridized carbons (Fsp3) is 0.583. The molecule has 0 radical (unpaired) electrons. The molecule has 52 heavy (non-hydrogen) atoms. The van der Waals surface area contributed by atoms with Crippen molar-refractivity contribution in [3.63, 3.8) is 0 Å². The van der Waals surface area contributed by atoms with Crippen LogP contribution in [0.2, 0.25) is 5.02 Å². The largest absolute Gasteiger partial charge is 0.372 e. The van der Waals surface area contributed by atoms with E-state index in [1.165, 1.54) is 4.90 Å². The van der Waals surface area contributed by atoms with Crippen molar-refractivity contribution in [3.05, 3.63) is 64.9 Å². The van der Waals surface area contributed by atoms with Gasteiger partial charge in [0.1, 0.15) is 12.1 Å². The van der Waals surface area contributed by atoms with Gasteiger partial charge in [0.15, 0.2) is 0 Å². The third-order valence-corrected chi connectivity index (χ3v) is 10.4. The summed E-state index contributed by atoms with van der Waals surface area (Å²) in [5.74, 6) is -2.46. The number of benzene rings is 1. The van der Waals surface area contributed by atoms with Gasteiger partial charge in [-0.1, -0.05) is 23.7 Å². The zero-order valence-electron chi connectivity index (χ0n) is 29.7. The van der Waals surface area contributed by atoms with E-state index in [0.29, 0.717) is 43.2 Å². The summed E-state index contributed by atoms with van der Waals surface area (Å²) in [6.45, 7) is 2.52. The normalized spacial score (nSPS) is 19.2. The summed E-state index contributed by atoms with van der Waals surface area (Å²) in [5.41, 5.74) is 7.47. The summed E-state index contributed by atoms with van der Waals surface area (Å²) < 4.78 is 33.6. The molecule has 0 bridgehead atoms. The van der Waals surface area contributed by atoms with Gasteiger partial charge in [0, 0.05) is 36.9 Å². The molecular formula is C36H52ClN7O7S. The first-order chi connectivity index (χ1) is 24.9. The van der Waals surface area contributed by atoms with Crippen molar-refractivity contribution in [2.24, 2.45) is 11.7 Å². The molecule has 16 heteroatoms. The smallest absolute Gasteiger partial charge is 0.289 e. The number of hydrogen-bond acceptors (Lipinski definition) is 10. The van der Waals surface area contributed by atoms with Gasteiger partial charge in [-0.05, 0) is 112 Å². The maximum absolute atomic E-state index is 14.2. The molecule has 2 aliphatic rings. The van der Waals surface area contributed by atoms with Gasteiger partial charge in [0.2, 0.25) is 27.6 Å².